The van der Waals surface area contributed by atoms with Crippen LogP contribution in [0.4, 0.5) is 0 Å². The standard InChI is InChI=1S/C16H19ClN4O/c1-20-8-2-4-11(20)12-5-3-9-21(12)16(22)15-13(17)14(18-19-15)10-6-7-10/h2,4,8,10,12H,3,5-7,9H2,1H3,(H,18,19)/t12-/m1/s1. The minimum absolute atomic E-state index is 0.0585. The highest BCUT2D eigenvalue weighted by Gasteiger charge is 2.36. The van der Waals surface area contributed by atoms with Crippen molar-refractivity contribution in [1.82, 2.24) is 19.7 Å². The van der Waals surface area contributed by atoms with Crippen molar-refractivity contribution >= 4 is 17.5 Å². The second kappa shape index (κ2) is 5.16. The van der Waals surface area contributed by atoms with Crippen LogP contribution in [0.5, 0.6) is 0 Å². The molecule has 1 atom stereocenters. The van der Waals surface area contributed by atoms with E-state index in [0.717, 1.165) is 37.9 Å². The van der Waals surface area contributed by atoms with Crippen molar-refractivity contribution in [1.29, 1.82) is 0 Å². The molecule has 2 aliphatic rings. The second-order valence-electron chi connectivity index (χ2n) is 6.27. The van der Waals surface area contributed by atoms with Crippen molar-refractivity contribution in [2.45, 2.75) is 37.6 Å². The van der Waals surface area contributed by atoms with Crippen LogP contribution in [0.2, 0.25) is 5.02 Å². The number of nitrogens with zero attached hydrogens (tertiary/aromatic N) is 3. The van der Waals surface area contributed by atoms with Gasteiger partial charge < -0.3 is 9.47 Å². The third kappa shape index (κ3) is 2.15. The van der Waals surface area contributed by atoms with Crippen LogP contribution in [-0.2, 0) is 7.05 Å². The Bertz CT molecular complexity index is 716. The fourth-order valence-corrected chi connectivity index (χ4v) is 3.72. The van der Waals surface area contributed by atoms with E-state index in [-0.39, 0.29) is 11.9 Å². The fourth-order valence-electron chi connectivity index (χ4n) is 3.40. The van der Waals surface area contributed by atoms with Crippen molar-refractivity contribution in [2.24, 2.45) is 7.05 Å². The summed E-state index contributed by atoms with van der Waals surface area (Å²) in [6, 6.07) is 4.21. The second-order valence-corrected chi connectivity index (χ2v) is 6.65. The van der Waals surface area contributed by atoms with Gasteiger partial charge >= 0.3 is 0 Å². The Morgan fingerprint density at radius 3 is 2.91 bits per heavy atom. The average molecular weight is 319 g/mol. The molecule has 116 valence electrons. The van der Waals surface area contributed by atoms with Gasteiger partial charge in [-0.25, -0.2) is 0 Å². The third-order valence-electron chi connectivity index (χ3n) is 4.76. The van der Waals surface area contributed by atoms with Crippen molar-refractivity contribution in [3.8, 4) is 0 Å². The molecule has 0 unspecified atom stereocenters. The number of H-pyrrole nitrogens is 1. The van der Waals surface area contributed by atoms with Crippen LogP contribution in [0.3, 0.4) is 0 Å². The summed E-state index contributed by atoms with van der Waals surface area (Å²) in [5.41, 5.74) is 2.48. The summed E-state index contributed by atoms with van der Waals surface area (Å²) >= 11 is 6.39. The lowest BCUT2D eigenvalue weighted by atomic mass is 10.1. The minimum Gasteiger partial charge on any atom is -0.353 e. The summed E-state index contributed by atoms with van der Waals surface area (Å²) in [7, 11) is 2.02. The number of carbonyl (C=O) groups is 1. The van der Waals surface area contributed by atoms with Crippen LogP contribution < -0.4 is 0 Å². The molecule has 0 aromatic carbocycles. The third-order valence-corrected chi connectivity index (χ3v) is 5.14. The van der Waals surface area contributed by atoms with Crippen LogP contribution >= 0.6 is 11.6 Å². The van der Waals surface area contributed by atoms with Crippen molar-refractivity contribution < 1.29 is 4.79 Å². The Kier molecular flexibility index (Phi) is 3.26. The summed E-state index contributed by atoms with van der Waals surface area (Å²) < 4.78 is 2.08. The fraction of sp³-hybridized carbons (Fsp3) is 0.500. The van der Waals surface area contributed by atoms with Crippen molar-refractivity contribution in [3.63, 3.8) is 0 Å². The number of likely N-dealkylation sites (tertiary alicyclic amines) is 1. The number of nitrogens with one attached hydrogen (secondary N) is 1. The van der Waals surface area contributed by atoms with E-state index in [9.17, 15) is 4.79 Å². The van der Waals surface area contributed by atoms with Gasteiger partial charge in [0.05, 0.1) is 16.8 Å². The van der Waals surface area contributed by atoms with Gasteiger partial charge in [-0.1, -0.05) is 11.6 Å². The van der Waals surface area contributed by atoms with Gasteiger partial charge in [-0.3, -0.25) is 9.89 Å². The Morgan fingerprint density at radius 1 is 1.41 bits per heavy atom. The minimum atomic E-state index is -0.0585. The first-order chi connectivity index (χ1) is 10.7. The molecule has 0 radical (unpaired) electrons. The van der Waals surface area contributed by atoms with E-state index >= 15 is 0 Å². The van der Waals surface area contributed by atoms with Gasteiger partial charge in [-0.05, 0) is 37.8 Å². The maximum atomic E-state index is 12.9. The first kappa shape index (κ1) is 13.9. The summed E-state index contributed by atoms with van der Waals surface area (Å²) in [5.74, 6) is 0.403. The van der Waals surface area contributed by atoms with Crippen LogP contribution in [-0.4, -0.2) is 32.1 Å². The molecule has 0 spiro atoms. The van der Waals surface area contributed by atoms with Crippen LogP contribution in [0, 0.1) is 0 Å². The number of aromatic amines is 1. The Morgan fingerprint density at radius 2 is 2.23 bits per heavy atom. The normalized spacial score (nSPS) is 21.5. The zero-order valence-corrected chi connectivity index (χ0v) is 13.3. The lowest BCUT2D eigenvalue weighted by Crippen LogP contribution is -2.31. The van der Waals surface area contributed by atoms with Crippen LogP contribution in [0.15, 0.2) is 18.3 Å². The Hall–Kier alpha value is -1.75. The van der Waals surface area contributed by atoms with E-state index < -0.39 is 0 Å². The predicted octanol–water partition coefficient (Wildman–Crippen LogP) is 3.26. The topological polar surface area (TPSA) is 53.9 Å². The van der Waals surface area contributed by atoms with Crippen LogP contribution in [0.25, 0.3) is 0 Å². The van der Waals surface area contributed by atoms with E-state index in [1.807, 2.05) is 24.2 Å². The van der Waals surface area contributed by atoms with Gasteiger partial charge in [0.2, 0.25) is 0 Å². The molecule has 2 fully saturated rings. The molecule has 1 aliphatic heterocycles. The zero-order valence-electron chi connectivity index (χ0n) is 12.6. The molecule has 5 nitrogen and oxygen atoms in total. The lowest BCUT2D eigenvalue weighted by Gasteiger charge is -2.24. The summed E-state index contributed by atoms with van der Waals surface area (Å²) in [6.45, 7) is 0.761. The number of rotatable bonds is 3. The molecule has 2 aromatic heterocycles. The molecular weight excluding hydrogens is 300 g/mol. The molecular formula is C16H19ClN4O. The van der Waals surface area contributed by atoms with E-state index in [1.54, 1.807) is 0 Å². The highest BCUT2D eigenvalue weighted by molar-refractivity contribution is 6.34. The Balaban J connectivity index is 1.63. The van der Waals surface area contributed by atoms with Crippen LogP contribution in [0.1, 0.15) is 59.5 Å². The number of aryl methyl sites for hydroxylation is 1. The first-order valence-corrected chi connectivity index (χ1v) is 8.20. The maximum absolute atomic E-state index is 12.9. The molecule has 1 amide bonds. The van der Waals surface area contributed by atoms with Gasteiger partial charge in [0.25, 0.3) is 5.91 Å². The largest absolute Gasteiger partial charge is 0.353 e. The monoisotopic (exact) mass is 318 g/mol. The molecule has 1 N–H and O–H groups in total. The van der Waals surface area contributed by atoms with Crippen molar-refractivity contribution in [2.75, 3.05) is 6.54 Å². The van der Waals surface area contributed by atoms with Gasteiger partial charge in [-0.15, -0.1) is 0 Å². The first-order valence-electron chi connectivity index (χ1n) is 7.82. The van der Waals surface area contributed by atoms with E-state index in [0.29, 0.717) is 16.6 Å². The molecule has 22 heavy (non-hydrogen) atoms. The van der Waals surface area contributed by atoms with E-state index in [4.69, 9.17) is 11.6 Å². The lowest BCUT2D eigenvalue weighted by molar-refractivity contribution is 0.0725. The van der Waals surface area contributed by atoms with Gasteiger partial charge in [0.1, 0.15) is 0 Å². The number of hydrogen-bond donors (Lipinski definition) is 1. The molecule has 0 bridgehead atoms. The summed E-state index contributed by atoms with van der Waals surface area (Å²) in [6.07, 6.45) is 6.28. The van der Waals surface area contributed by atoms with Gasteiger partial charge in [0.15, 0.2) is 5.69 Å². The van der Waals surface area contributed by atoms with Gasteiger partial charge in [-0.2, -0.15) is 5.10 Å². The highest BCUT2D eigenvalue weighted by atomic mass is 35.5. The van der Waals surface area contributed by atoms with E-state index in [2.05, 4.69) is 20.8 Å². The quantitative estimate of drug-likeness (QED) is 0.944. The Labute approximate surface area is 134 Å². The summed E-state index contributed by atoms with van der Waals surface area (Å²) in [4.78, 5) is 14.8. The predicted molar refractivity (Wildman–Crippen MR) is 84.0 cm³/mol. The van der Waals surface area contributed by atoms with Crippen molar-refractivity contribution in [3.05, 3.63) is 40.4 Å². The SMILES string of the molecule is Cn1cccc1[C@H]1CCCN1C(=O)c1n[nH]c(C2CC2)c1Cl. The maximum Gasteiger partial charge on any atom is 0.276 e. The molecule has 6 heteroatoms. The molecule has 2 aromatic rings. The zero-order chi connectivity index (χ0) is 15.3. The highest BCUT2D eigenvalue weighted by Crippen LogP contribution is 2.43. The number of aromatic nitrogens is 3. The van der Waals surface area contributed by atoms with E-state index in [1.165, 1.54) is 5.69 Å². The average Bonchev–Trinajstić information content (AvgIpc) is 2.92. The number of halogens is 1. The molecule has 4 rings (SSSR count). The number of hydrogen-bond acceptors (Lipinski definition) is 2. The number of amides is 1. The smallest absolute Gasteiger partial charge is 0.276 e. The molecule has 1 saturated carbocycles. The number of carbonyl (C=O) groups excluding carboxylic acids is 1. The molecule has 1 saturated heterocycles. The summed E-state index contributed by atoms with van der Waals surface area (Å²) in [5, 5.41) is 7.69. The molecule has 3 heterocycles. The molecule has 1 aliphatic carbocycles. The van der Waals surface area contributed by atoms with Gasteiger partial charge in [0, 0.05) is 31.4 Å².